The van der Waals surface area contributed by atoms with Crippen LogP contribution in [-0.4, -0.2) is 15.0 Å². The lowest BCUT2D eigenvalue weighted by Gasteiger charge is -2.04. The fourth-order valence-electron chi connectivity index (χ4n) is 1.87. The van der Waals surface area contributed by atoms with E-state index in [1.54, 1.807) is 18.6 Å². The van der Waals surface area contributed by atoms with Crippen molar-refractivity contribution in [3.05, 3.63) is 59.4 Å². The van der Waals surface area contributed by atoms with Gasteiger partial charge in [-0.1, -0.05) is 18.2 Å². The summed E-state index contributed by atoms with van der Waals surface area (Å²) in [7, 11) is 0. The topological polar surface area (TPSA) is 58.6 Å². The number of benzene rings is 1. The Labute approximate surface area is 97.0 Å². The average molecular weight is 223 g/mol. The van der Waals surface area contributed by atoms with Crippen LogP contribution in [0, 0.1) is 0 Å². The molecule has 3 rings (SSSR count). The fraction of sp³-hybridized carbons (Fsp3) is 0. The summed E-state index contributed by atoms with van der Waals surface area (Å²) in [5.74, 6) is 0. The van der Waals surface area contributed by atoms with E-state index in [0.29, 0.717) is 5.69 Å². The zero-order chi connectivity index (χ0) is 11.7. The number of aromatic nitrogens is 3. The Morgan fingerprint density at radius 1 is 1.12 bits per heavy atom. The van der Waals surface area contributed by atoms with Crippen molar-refractivity contribution in [1.29, 1.82) is 0 Å². The van der Waals surface area contributed by atoms with Crippen molar-refractivity contribution < 1.29 is 0 Å². The Morgan fingerprint density at radius 2 is 2.06 bits per heavy atom. The van der Waals surface area contributed by atoms with Gasteiger partial charge in [0.05, 0.1) is 0 Å². The number of H-pyrrole nitrogens is 1. The van der Waals surface area contributed by atoms with Crippen LogP contribution in [0.4, 0.5) is 0 Å². The predicted molar refractivity (Wildman–Crippen MR) is 65.6 cm³/mol. The van der Waals surface area contributed by atoms with Crippen molar-refractivity contribution in [3.63, 3.8) is 0 Å². The number of fused-ring (bicyclic) bond motifs is 1. The third-order valence-corrected chi connectivity index (χ3v) is 2.64. The molecular formula is C13H9N3O. The van der Waals surface area contributed by atoms with Crippen molar-refractivity contribution in [3.8, 4) is 11.3 Å². The molecule has 0 unspecified atom stereocenters. The molecule has 0 spiro atoms. The summed E-state index contributed by atoms with van der Waals surface area (Å²) in [6, 6.07) is 7.63. The lowest BCUT2D eigenvalue weighted by Crippen LogP contribution is -2.09. The molecule has 0 radical (unpaired) electrons. The minimum absolute atomic E-state index is 0.184. The molecule has 0 aliphatic rings. The van der Waals surface area contributed by atoms with Crippen LogP contribution < -0.4 is 5.56 Å². The Morgan fingerprint density at radius 3 is 2.94 bits per heavy atom. The maximum atomic E-state index is 11.7. The number of rotatable bonds is 1. The Bertz CT molecular complexity index is 728. The summed E-state index contributed by atoms with van der Waals surface area (Å²) >= 11 is 0. The second-order valence-corrected chi connectivity index (χ2v) is 3.67. The van der Waals surface area contributed by atoms with Crippen LogP contribution in [0.25, 0.3) is 22.0 Å². The van der Waals surface area contributed by atoms with Gasteiger partial charge in [0.25, 0.3) is 5.56 Å². The van der Waals surface area contributed by atoms with Crippen LogP contribution in [0.15, 0.2) is 53.8 Å². The van der Waals surface area contributed by atoms with Gasteiger partial charge >= 0.3 is 0 Å². The minimum Gasteiger partial charge on any atom is -0.326 e. The Kier molecular flexibility index (Phi) is 2.19. The second-order valence-electron chi connectivity index (χ2n) is 3.67. The van der Waals surface area contributed by atoms with Gasteiger partial charge in [-0.2, -0.15) is 0 Å². The quantitative estimate of drug-likeness (QED) is 0.686. The van der Waals surface area contributed by atoms with E-state index in [4.69, 9.17) is 0 Å². The normalized spacial score (nSPS) is 10.6. The monoisotopic (exact) mass is 223 g/mol. The van der Waals surface area contributed by atoms with Gasteiger partial charge in [-0.25, -0.2) is 4.98 Å². The van der Waals surface area contributed by atoms with Gasteiger partial charge in [-0.15, -0.1) is 0 Å². The standard InChI is InChI=1S/C13H9N3O/c17-13-12(15-6-7-16-13)11-3-1-2-9-8-14-5-4-10(9)11/h1-8H,(H,16,17). The van der Waals surface area contributed by atoms with Crippen LogP contribution in [0.5, 0.6) is 0 Å². The van der Waals surface area contributed by atoms with E-state index in [2.05, 4.69) is 15.0 Å². The van der Waals surface area contributed by atoms with Crippen molar-refractivity contribution in [2.24, 2.45) is 0 Å². The van der Waals surface area contributed by atoms with Crippen LogP contribution in [0.1, 0.15) is 0 Å². The highest BCUT2D eigenvalue weighted by molar-refractivity contribution is 5.94. The van der Waals surface area contributed by atoms with Crippen LogP contribution in [-0.2, 0) is 0 Å². The molecular weight excluding hydrogens is 214 g/mol. The first-order chi connectivity index (χ1) is 8.36. The smallest absolute Gasteiger partial charge is 0.274 e. The molecule has 1 N–H and O–H groups in total. The number of hydrogen-bond acceptors (Lipinski definition) is 3. The van der Waals surface area contributed by atoms with Gasteiger partial charge in [0.1, 0.15) is 5.69 Å². The molecule has 0 aliphatic carbocycles. The molecule has 0 saturated heterocycles. The predicted octanol–water partition coefficient (Wildman–Crippen LogP) is 1.99. The van der Waals surface area contributed by atoms with E-state index in [0.717, 1.165) is 16.3 Å². The van der Waals surface area contributed by atoms with Crippen LogP contribution >= 0.6 is 0 Å². The molecule has 17 heavy (non-hydrogen) atoms. The fourth-order valence-corrected chi connectivity index (χ4v) is 1.87. The van der Waals surface area contributed by atoms with Gasteiger partial charge in [-0.05, 0) is 11.5 Å². The number of nitrogens with one attached hydrogen (secondary N) is 1. The molecule has 0 aliphatic heterocycles. The van der Waals surface area contributed by atoms with E-state index in [1.807, 2.05) is 24.3 Å². The Balaban J connectivity index is 2.39. The molecule has 0 fully saturated rings. The van der Waals surface area contributed by atoms with E-state index in [9.17, 15) is 4.79 Å². The summed E-state index contributed by atoms with van der Waals surface area (Å²) < 4.78 is 0. The van der Waals surface area contributed by atoms with E-state index in [-0.39, 0.29) is 5.56 Å². The molecule has 4 nitrogen and oxygen atoms in total. The van der Waals surface area contributed by atoms with Crippen molar-refractivity contribution in [2.75, 3.05) is 0 Å². The summed E-state index contributed by atoms with van der Waals surface area (Å²) in [6.45, 7) is 0. The summed E-state index contributed by atoms with van der Waals surface area (Å²) in [6.07, 6.45) is 6.59. The molecule has 0 amide bonds. The Hall–Kier alpha value is -2.49. The minimum atomic E-state index is -0.184. The molecule has 2 aromatic heterocycles. The zero-order valence-electron chi connectivity index (χ0n) is 8.92. The van der Waals surface area contributed by atoms with E-state index < -0.39 is 0 Å². The summed E-state index contributed by atoms with van der Waals surface area (Å²) in [5.41, 5.74) is 1.08. The summed E-state index contributed by atoms with van der Waals surface area (Å²) in [4.78, 5) is 22.6. The van der Waals surface area contributed by atoms with E-state index in [1.165, 1.54) is 6.20 Å². The molecule has 2 heterocycles. The van der Waals surface area contributed by atoms with E-state index >= 15 is 0 Å². The van der Waals surface area contributed by atoms with Gasteiger partial charge in [0, 0.05) is 35.7 Å². The first-order valence-corrected chi connectivity index (χ1v) is 5.23. The molecule has 82 valence electrons. The third kappa shape index (κ3) is 1.59. The van der Waals surface area contributed by atoms with Gasteiger partial charge in [0.2, 0.25) is 0 Å². The first kappa shape index (κ1) is 9.72. The van der Waals surface area contributed by atoms with Gasteiger partial charge in [-0.3, -0.25) is 9.78 Å². The highest BCUT2D eigenvalue weighted by atomic mass is 16.1. The molecule has 3 aromatic rings. The van der Waals surface area contributed by atoms with Gasteiger partial charge in [0.15, 0.2) is 0 Å². The summed E-state index contributed by atoms with van der Waals surface area (Å²) in [5, 5.41) is 1.97. The van der Waals surface area contributed by atoms with Crippen LogP contribution in [0.2, 0.25) is 0 Å². The lowest BCUT2D eigenvalue weighted by molar-refractivity contribution is 1.15. The first-order valence-electron chi connectivity index (χ1n) is 5.23. The van der Waals surface area contributed by atoms with Crippen molar-refractivity contribution in [2.45, 2.75) is 0 Å². The molecule has 4 heteroatoms. The highest BCUT2D eigenvalue weighted by Gasteiger charge is 2.07. The molecule has 0 atom stereocenters. The maximum absolute atomic E-state index is 11.7. The van der Waals surface area contributed by atoms with Gasteiger partial charge < -0.3 is 4.98 Å². The number of hydrogen-bond donors (Lipinski definition) is 1. The zero-order valence-corrected chi connectivity index (χ0v) is 8.92. The van der Waals surface area contributed by atoms with Crippen molar-refractivity contribution in [1.82, 2.24) is 15.0 Å². The maximum Gasteiger partial charge on any atom is 0.274 e. The number of pyridine rings is 1. The average Bonchev–Trinajstić information content (AvgIpc) is 2.39. The SMILES string of the molecule is O=c1[nH]ccnc1-c1cccc2cnccc12. The molecule has 1 aromatic carbocycles. The number of nitrogens with zero attached hydrogens (tertiary/aromatic N) is 2. The largest absolute Gasteiger partial charge is 0.326 e. The molecule has 0 bridgehead atoms. The third-order valence-electron chi connectivity index (χ3n) is 2.64. The second kappa shape index (κ2) is 3.83. The lowest BCUT2D eigenvalue weighted by atomic mass is 10.0. The number of aromatic amines is 1. The molecule has 0 saturated carbocycles. The highest BCUT2D eigenvalue weighted by Crippen LogP contribution is 2.23. The van der Waals surface area contributed by atoms with Crippen LogP contribution in [0.3, 0.4) is 0 Å². The van der Waals surface area contributed by atoms with Crippen molar-refractivity contribution >= 4 is 10.8 Å².